The third kappa shape index (κ3) is 19.9. The van der Waals surface area contributed by atoms with Crippen molar-refractivity contribution in [3.63, 3.8) is 0 Å². The summed E-state index contributed by atoms with van der Waals surface area (Å²) in [5.74, 6) is 0.975. The number of unbranched alkanes of at least 4 members (excludes halogenated alkanes) is 15. The maximum Gasteiger partial charge on any atom is 2.00 e. The van der Waals surface area contributed by atoms with E-state index in [9.17, 15) is 0 Å². The average molecular weight is 490 g/mol. The molecule has 0 unspecified atom stereocenters. The number of benzene rings is 1. The largest absolute Gasteiger partial charge is 2.00 e. The monoisotopic (exact) mass is 488 g/mol. The first kappa shape index (κ1) is 32.2. The van der Waals surface area contributed by atoms with Crippen LogP contribution in [0.15, 0.2) is 30.3 Å². The molecule has 1 aromatic rings. The summed E-state index contributed by atoms with van der Waals surface area (Å²) in [5, 5.41) is 0. The van der Waals surface area contributed by atoms with Crippen molar-refractivity contribution in [1.29, 1.82) is 0 Å². The zero-order chi connectivity index (χ0) is 20.1. The molecular formula is C27H45BrMgO. The molecule has 0 radical (unpaired) electrons. The van der Waals surface area contributed by atoms with Crippen molar-refractivity contribution >= 4 is 23.1 Å². The molecule has 0 N–H and O–H groups in total. The Labute approximate surface area is 214 Å². The van der Waals surface area contributed by atoms with Crippen LogP contribution in [0.5, 0.6) is 5.75 Å². The zero-order valence-electron chi connectivity index (χ0n) is 19.9. The van der Waals surface area contributed by atoms with Gasteiger partial charge in [-0.1, -0.05) is 122 Å². The van der Waals surface area contributed by atoms with E-state index in [-0.39, 0.29) is 40.0 Å². The van der Waals surface area contributed by atoms with Crippen LogP contribution in [0.25, 0.3) is 0 Å². The first-order valence-corrected chi connectivity index (χ1v) is 12.1. The van der Waals surface area contributed by atoms with Gasteiger partial charge in [-0.15, -0.1) is 6.08 Å². The molecule has 0 aliphatic rings. The second-order valence-corrected chi connectivity index (χ2v) is 8.11. The summed E-state index contributed by atoms with van der Waals surface area (Å²) in [6.45, 7) is 5.12. The van der Waals surface area contributed by atoms with E-state index in [4.69, 9.17) is 4.74 Å². The zero-order valence-corrected chi connectivity index (χ0v) is 22.9. The minimum absolute atomic E-state index is 0. The van der Waals surface area contributed by atoms with E-state index in [1.54, 1.807) is 0 Å². The minimum Gasteiger partial charge on any atom is -1.00 e. The molecule has 0 aliphatic carbocycles. The summed E-state index contributed by atoms with van der Waals surface area (Å²) in [5.41, 5.74) is 1.11. The van der Waals surface area contributed by atoms with E-state index >= 15 is 0 Å². The van der Waals surface area contributed by atoms with Crippen LogP contribution in [0, 0.1) is 6.08 Å². The van der Waals surface area contributed by atoms with Gasteiger partial charge >= 0.3 is 23.1 Å². The summed E-state index contributed by atoms with van der Waals surface area (Å²) >= 11 is 0. The van der Waals surface area contributed by atoms with Gasteiger partial charge < -0.3 is 21.7 Å². The van der Waals surface area contributed by atoms with Crippen molar-refractivity contribution in [2.75, 3.05) is 6.61 Å². The maximum atomic E-state index is 5.82. The molecule has 1 rings (SSSR count). The van der Waals surface area contributed by atoms with E-state index in [1.807, 2.05) is 25.1 Å². The average Bonchev–Trinajstić information content (AvgIpc) is 2.72. The van der Waals surface area contributed by atoms with Crippen molar-refractivity contribution in [3.8, 4) is 5.75 Å². The van der Waals surface area contributed by atoms with Crippen molar-refractivity contribution in [2.45, 2.75) is 117 Å². The van der Waals surface area contributed by atoms with Gasteiger partial charge in [-0.3, -0.25) is 0 Å². The smallest absolute Gasteiger partial charge is 1.00 e. The number of allylic oxidation sites excluding steroid dienone is 1. The molecule has 0 spiro atoms. The fraction of sp³-hybridized carbons (Fsp3) is 0.704. The van der Waals surface area contributed by atoms with Crippen molar-refractivity contribution < 1.29 is 21.7 Å². The first-order chi connectivity index (χ1) is 13.9. The molecule has 0 amide bonds. The van der Waals surface area contributed by atoms with Crippen molar-refractivity contribution in [2.24, 2.45) is 0 Å². The Bertz CT molecular complexity index is 472. The van der Waals surface area contributed by atoms with Crippen LogP contribution < -0.4 is 21.7 Å². The standard InChI is InChI=1S/C27H45O.BrH.Mg/c1-3-5-6-7-8-9-10-11-12-13-14-15-16-17-18-19-25-28-27-23-21-26(20-4-2)22-24-27;;/h4,21-24H,3,5-19,25H2,1-2H3;1H;/q-1;;+2/p-1. The topological polar surface area (TPSA) is 9.23 Å². The predicted molar refractivity (Wildman–Crippen MR) is 130 cm³/mol. The molecule has 1 nitrogen and oxygen atoms in total. The quantitative estimate of drug-likeness (QED) is 0.138. The summed E-state index contributed by atoms with van der Waals surface area (Å²) in [6.07, 6.45) is 27.6. The summed E-state index contributed by atoms with van der Waals surface area (Å²) < 4.78 is 5.82. The molecule has 30 heavy (non-hydrogen) atoms. The molecule has 0 bridgehead atoms. The SMILES string of the molecule is CC=[C-]c1ccc(OCCCCCCCCCCCCCCCCCC)cc1.[Br-].[Mg+2]. The number of hydrogen-bond acceptors (Lipinski definition) is 1. The molecule has 168 valence electrons. The molecule has 0 saturated carbocycles. The van der Waals surface area contributed by atoms with Gasteiger partial charge in [0.2, 0.25) is 0 Å². The van der Waals surface area contributed by atoms with E-state index < -0.39 is 0 Å². The van der Waals surface area contributed by atoms with Gasteiger partial charge in [-0.2, -0.15) is 23.8 Å². The van der Waals surface area contributed by atoms with Gasteiger partial charge in [-0.05, 0) is 6.42 Å². The Morgan fingerprint density at radius 2 is 1.07 bits per heavy atom. The fourth-order valence-corrected chi connectivity index (χ4v) is 3.65. The van der Waals surface area contributed by atoms with E-state index in [1.165, 1.54) is 103 Å². The van der Waals surface area contributed by atoms with Crippen molar-refractivity contribution in [1.82, 2.24) is 0 Å². The number of ether oxygens (including phenoxy) is 1. The Kier molecular flexibility index (Phi) is 27.1. The Hall–Kier alpha value is 0.00623. The van der Waals surface area contributed by atoms with Gasteiger partial charge in [0.05, 0.1) is 12.4 Å². The van der Waals surface area contributed by atoms with Crippen molar-refractivity contribution in [3.05, 3.63) is 42.0 Å². The van der Waals surface area contributed by atoms with Gasteiger partial charge in [0.1, 0.15) is 0 Å². The fourth-order valence-electron chi connectivity index (χ4n) is 3.65. The number of rotatable bonds is 19. The van der Waals surface area contributed by atoms with Crippen LogP contribution in [0.1, 0.15) is 122 Å². The number of halogens is 1. The third-order valence-electron chi connectivity index (χ3n) is 5.43. The minimum atomic E-state index is 0. The van der Waals surface area contributed by atoms with Crippen LogP contribution in [0.2, 0.25) is 0 Å². The molecule has 0 heterocycles. The Morgan fingerprint density at radius 1 is 0.667 bits per heavy atom. The molecule has 0 aliphatic heterocycles. The maximum absolute atomic E-state index is 5.82. The second kappa shape index (κ2) is 25.3. The molecule has 1 aromatic carbocycles. The van der Waals surface area contributed by atoms with E-state index in [0.717, 1.165) is 17.9 Å². The molecule has 0 aromatic heterocycles. The predicted octanol–water partition coefficient (Wildman–Crippen LogP) is 5.68. The van der Waals surface area contributed by atoms with Gasteiger partial charge in [0.25, 0.3) is 0 Å². The van der Waals surface area contributed by atoms with E-state index in [2.05, 4.69) is 25.1 Å². The van der Waals surface area contributed by atoms with Crippen LogP contribution in [-0.2, 0) is 0 Å². The summed E-state index contributed by atoms with van der Waals surface area (Å²) in [7, 11) is 0. The summed E-state index contributed by atoms with van der Waals surface area (Å²) in [4.78, 5) is 0. The normalized spacial score (nSPS) is 10.6. The Morgan fingerprint density at radius 3 is 1.47 bits per heavy atom. The van der Waals surface area contributed by atoms with Crippen LogP contribution in [-0.4, -0.2) is 29.7 Å². The van der Waals surface area contributed by atoms with Gasteiger partial charge in [0, 0.05) is 0 Å². The van der Waals surface area contributed by atoms with Crippen LogP contribution in [0.3, 0.4) is 0 Å². The molecule has 0 atom stereocenters. The van der Waals surface area contributed by atoms with Crippen LogP contribution >= 0.6 is 0 Å². The molecule has 0 saturated heterocycles. The second-order valence-electron chi connectivity index (χ2n) is 8.11. The van der Waals surface area contributed by atoms with Crippen LogP contribution in [0.4, 0.5) is 0 Å². The van der Waals surface area contributed by atoms with E-state index in [0.29, 0.717) is 0 Å². The van der Waals surface area contributed by atoms with Gasteiger partial charge in [-0.25, -0.2) is 0 Å². The molecule has 3 heteroatoms. The van der Waals surface area contributed by atoms with Gasteiger partial charge in [0.15, 0.2) is 0 Å². The molecular weight excluding hydrogens is 445 g/mol. The molecule has 0 fully saturated rings. The summed E-state index contributed by atoms with van der Waals surface area (Å²) in [6, 6.07) is 8.20. The number of hydrogen-bond donors (Lipinski definition) is 0. The first-order valence-electron chi connectivity index (χ1n) is 12.1. The third-order valence-corrected chi connectivity index (χ3v) is 5.43. The Balaban J connectivity index is 0.